The maximum atomic E-state index is 13.3. The summed E-state index contributed by atoms with van der Waals surface area (Å²) in [6.45, 7) is 13.5. The van der Waals surface area contributed by atoms with Crippen LogP contribution in [0.25, 0.3) is 44.2 Å². The number of phenols is 2. The number of nitriles is 1. The number of rotatable bonds is 14. The second kappa shape index (κ2) is 25.7. The van der Waals surface area contributed by atoms with Gasteiger partial charge in [-0.25, -0.2) is 9.59 Å². The monoisotopic (exact) mass is 1130 g/mol. The van der Waals surface area contributed by atoms with E-state index in [0.717, 1.165) is 87.6 Å². The summed E-state index contributed by atoms with van der Waals surface area (Å²) < 4.78 is 23.3. The number of hydrogen-bond donors (Lipinski definition) is 2. The molecule has 2 saturated heterocycles. The van der Waals surface area contributed by atoms with Gasteiger partial charge in [0.05, 0.1) is 0 Å². The van der Waals surface area contributed by atoms with Crippen molar-refractivity contribution in [2.45, 2.75) is 59.3 Å². The summed E-state index contributed by atoms with van der Waals surface area (Å²) in [7, 11) is 0. The van der Waals surface area contributed by atoms with Gasteiger partial charge in [0.25, 0.3) is 0 Å². The van der Waals surface area contributed by atoms with E-state index in [1.165, 1.54) is 44.8 Å². The third-order valence-corrected chi connectivity index (χ3v) is 13.7. The van der Waals surface area contributed by atoms with E-state index < -0.39 is 11.3 Å². The van der Waals surface area contributed by atoms with Crippen LogP contribution in [-0.2, 0) is 78.3 Å². The first kappa shape index (κ1) is 55.3. The molecule has 0 bridgehead atoms. The average Bonchev–Trinajstić information content (AvgIpc) is 4.11. The Bertz CT molecular complexity index is 3350. The molecule has 8 aromatic rings. The largest absolute Gasteiger partial charge is 0.508 e. The van der Waals surface area contributed by atoms with Crippen LogP contribution in [0.4, 0.5) is 0 Å². The Balaban J connectivity index is 0.000000208. The smallest absolute Gasteiger partial charge is 0.342 e. The summed E-state index contributed by atoms with van der Waals surface area (Å²) >= 11 is 0. The number of hydrogen-bond acceptors (Lipinski definition) is 11. The minimum absolute atomic E-state index is 0. The van der Waals surface area contributed by atoms with E-state index in [0.29, 0.717) is 53.7 Å². The fraction of sp³-hybridized carbons (Fsp3) is 0.283. The summed E-state index contributed by atoms with van der Waals surface area (Å²) in [6, 6.07) is 41.7. The molecule has 10 rings (SSSR count). The molecule has 2 N–H and O–H groups in total. The van der Waals surface area contributed by atoms with Gasteiger partial charge in [-0.3, -0.25) is 9.80 Å². The third-order valence-electron chi connectivity index (χ3n) is 13.7. The maximum absolute atomic E-state index is 13.3. The first-order chi connectivity index (χ1) is 34.6. The molecular formula is C60H57N3O8Y2-2. The van der Waals surface area contributed by atoms with Gasteiger partial charge < -0.3 is 28.5 Å². The average molecular weight is 1130 g/mol. The van der Waals surface area contributed by atoms with Crippen molar-refractivity contribution in [3.63, 3.8) is 0 Å². The molecule has 2 aliphatic heterocycles. The van der Waals surface area contributed by atoms with Crippen LogP contribution in [0.15, 0.2) is 128 Å². The Labute approximate surface area is 476 Å². The number of fused-ring (bicyclic) bond motifs is 2. The molecule has 2 fully saturated rings. The van der Waals surface area contributed by atoms with E-state index in [2.05, 4.69) is 21.9 Å². The first-order valence-corrected chi connectivity index (χ1v) is 24.4. The van der Waals surface area contributed by atoms with Gasteiger partial charge in [-0.2, -0.15) is 64.9 Å². The molecule has 2 radical (unpaired) electrons. The molecule has 0 unspecified atom stereocenters. The quantitative estimate of drug-likeness (QED) is 0.0791. The Kier molecular flexibility index (Phi) is 19.5. The van der Waals surface area contributed by atoms with E-state index in [4.69, 9.17) is 18.3 Å². The predicted octanol–water partition coefficient (Wildman–Crippen LogP) is 10.9. The molecule has 368 valence electrons. The molecule has 11 nitrogen and oxygen atoms in total. The number of benzene rings is 6. The molecule has 2 aliphatic rings. The topological polar surface area (TPSA) is 150 Å². The zero-order valence-corrected chi connectivity index (χ0v) is 47.3. The van der Waals surface area contributed by atoms with Gasteiger partial charge in [-0.15, -0.1) is 11.1 Å². The standard InChI is InChI=1S/C30H27N2O4.C30H30NO4.2Y/c1-20-6-2-3-7-23(20)28-25(24-12-13-27(33)26(19-31)29(24)36-30(28)34)18-21-8-10-22(11-9-21)35-17-16-32-14-4-5-15-32;1-20-7-3-4-8-24(20)28-26(25-13-14-27(32)21(2)29(25)35-30(28)33)19-22-9-11-23(12-10-22)34-18-17-31-15-5-6-16-31;;/h3,6-13,33H,4-5,14-18H2,1H3;4,7-14,32H,5-6,15-19H2,1-2H3;;/q2*-1;;. The van der Waals surface area contributed by atoms with Crippen LogP contribution < -0.4 is 20.7 Å². The molecule has 0 amide bonds. The zero-order valence-electron chi connectivity index (χ0n) is 41.6. The summed E-state index contributed by atoms with van der Waals surface area (Å²) in [5.41, 5.74) is 8.23. The van der Waals surface area contributed by atoms with E-state index in [9.17, 15) is 25.1 Å². The second-order valence-electron chi connectivity index (χ2n) is 18.4. The summed E-state index contributed by atoms with van der Waals surface area (Å²) in [6.07, 6.45) is 6.08. The number of aromatic hydroxyl groups is 2. The number of likely N-dealkylation sites (tertiary alicyclic amines) is 2. The Morgan fingerprint density at radius 3 is 1.45 bits per heavy atom. The van der Waals surface area contributed by atoms with Crippen molar-refractivity contribution in [3.05, 3.63) is 187 Å². The Morgan fingerprint density at radius 2 is 1.01 bits per heavy atom. The summed E-state index contributed by atoms with van der Waals surface area (Å²) in [5, 5.41) is 31.4. The molecule has 4 heterocycles. The maximum Gasteiger partial charge on any atom is 0.342 e. The third kappa shape index (κ3) is 12.9. The molecule has 13 heteroatoms. The van der Waals surface area contributed by atoms with Gasteiger partial charge in [0.2, 0.25) is 0 Å². The fourth-order valence-electron chi connectivity index (χ4n) is 9.79. The van der Waals surface area contributed by atoms with Crippen LogP contribution in [0.1, 0.15) is 70.2 Å². The summed E-state index contributed by atoms with van der Waals surface area (Å²) in [4.78, 5) is 31.4. The number of aryl methyl sites for hydroxylation is 3. The van der Waals surface area contributed by atoms with Crippen molar-refractivity contribution in [2.24, 2.45) is 0 Å². The van der Waals surface area contributed by atoms with Crippen molar-refractivity contribution >= 4 is 21.9 Å². The van der Waals surface area contributed by atoms with Crippen LogP contribution in [0, 0.1) is 44.2 Å². The molecule has 73 heavy (non-hydrogen) atoms. The van der Waals surface area contributed by atoms with Crippen LogP contribution >= 0.6 is 0 Å². The number of phenolic OH excluding ortho intramolecular Hbond substituents is 2. The van der Waals surface area contributed by atoms with Crippen molar-refractivity contribution in [2.75, 3.05) is 52.5 Å². The van der Waals surface area contributed by atoms with Crippen LogP contribution in [0.5, 0.6) is 23.0 Å². The SMILES string of the molecule is Cc1c[c-]ccc1-c1c(Cc2ccc(OCCN3CCCC3)cc2)c2ccc(O)c(C#N)c2oc1=O.Cc1c[c-]ccc1-c1c(Cc2ccc(OCCN3CCCC3)cc2)c2ccc(O)c(C)c2oc1=O.[Y].[Y]. The molecule has 0 spiro atoms. The van der Waals surface area contributed by atoms with Crippen LogP contribution in [0.2, 0.25) is 0 Å². The van der Waals surface area contributed by atoms with Crippen molar-refractivity contribution in [3.8, 4) is 51.3 Å². The molecule has 0 atom stereocenters. The van der Waals surface area contributed by atoms with Gasteiger partial charge in [-0.05, 0) is 142 Å². The predicted molar refractivity (Wildman–Crippen MR) is 277 cm³/mol. The molecule has 0 saturated carbocycles. The van der Waals surface area contributed by atoms with Gasteiger partial charge >= 0.3 is 11.3 Å². The molecule has 2 aromatic heterocycles. The molecule has 6 aromatic carbocycles. The van der Waals surface area contributed by atoms with Crippen molar-refractivity contribution < 1.29 is 93.9 Å². The Hall–Kier alpha value is -5.44. The second-order valence-corrected chi connectivity index (χ2v) is 18.4. The Morgan fingerprint density at radius 1 is 0.589 bits per heavy atom. The summed E-state index contributed by atoms with van der Waals surface area (Å²) in [5.74, 6) is 1.55. The minimum Gasteiger partial charge on any atom is -0.508 e. The van der Waals surface area contributed by atoms with E-state index in [1.54, 1.807) is 25.1 Å². The van der Waals surface area contributed by atoms with Gasteiger partial charge in [0, 0.05) is 106 Å². The van der Waals surface area contributed by atoms with E-state index in [1.807, 2.05) is 105 Å². The first-order valence-electron chi connectivity index (χ1n) is 24.4. The van der Waals surface area contributed by atoms with Crippen molar-refractivity contribution in [1.82, 2.24) is 9.80 Å². The number of nitrogens with zero attached hydrogens (tertiary/aromatic N) is 3. The minimum atomic E-state index is -0.546. The molecule has 0 aliphatic carbocycles. The molecular weight excluding hydrogens is 1070 g/mol. The number of ether oxygens (including phenoxy) is 2. The fourth-order valence-corrected chi connectivity index (χ4v) is 9.79. The van der Waals surface area contributed by atoms with E-state index in [-0.39, 0.29) is 88.1 Å². The van der Waals surface area contributed by atoms with Crippen LogP contribution in [0.3, 0.4) is 0 Å². The van der Waals surface area contributed by atoms with Gasteiger partial charge in [-0.1, -0.05) is 38.1 Å². The van der Waals surface area contributed by atoms with Crippen molar-refractivity contribution in [1.29, 1.82) is 5.26 Å². The van der Waals surface area contributed by atoms with E-state index >= 15 is 0 Å². The zero-order chi connectivity index (χ0) is 49.4. The normalized spacial score (nSPS) is 13.5. The van der Waals surface area contributed by atoms with Gasteiger partial charge in [0.15, 0.2) is 5.58 Å². The van der Waals surface area contributed by atoms with Crippen LogP contribution in [-0.4, -0.2) is 72.5 Å². The van der Waals surface area contributed by atoms with Gasteiger partial charge in [0.1, 0.15) is 53.4 Å².